The smallest absolute Gasteiger partial charge is 0.308 e. The van der Waals surface area contributed by atoms with Crippen molar-refractivity contribution in [3.8, 4) is 0 Å². The van der Waals surface area contributed by atoms with E-state index in [1.807, 2.05) is 6.07 Å². The number of carbonyl (C=O) groups is 1. The van der Waals surface area contributed by atoms with Crippen LogP contribution in [0, 0.1) is 0 Å². The molecular formula is C15H16O3. The van der Waals surface area contributed by atoms with Gasteiger partial charge in [0.25, 0.3) is 0 Å². The first-order valence-electron chi connectivity index (χ1n) is 6.28. The molecule has 0 saturated heterocycles. The van der Waals surface area contributed by atoms with Crippen LogP contribution in [-0.4, -0.2) is 25.8 Å². The van der Waals surface area contributed by atoms with Gasteiger partial charge in [0.2, 0.25) is 0 Å². The molecule has 18 heavy (non-hydrogen) atoms. The van der Waals surface area contributed by atoms with Crippen molar-refractivity contribution in [3.05, 3.63) is 41.0 Å². The van der Waals surface area contributed by atoms with E-state index in [1.54, 1.807) is 0 Å². The van der Waals surface area contributed by atoms with Crippen molar-refractivity contribution in [3.63, 3.8) is 0 Å². The highest BCUT2D eigenvalue weighted by Gasteiger charge is 2.32. The molecule has 2 aliphatic rings. The van der Waals surface area contributed by atoms with Crippen molar-refractivity contribution in [1.29, 1.82) is 0 Å². The molecule has 1 atom stereocenters. The Morgan fingerprint density at radius 1 is 1.39 bits per heavy atom. The second kappa shape index (κ2) is 4.58. The third-order valence-electron chi connectivity index (χ3n) is 3.75. The number of esters is 1. The van der Waals surface area contributed by atoms with Gasteiger partial charge in [-0.05, 0) is 35.1 Å². The molecule has 0 N–H and O–H groups in total. The van der Waals surface area contributed by atoms with Gasteiger partial charge >= 0.3 is 5.97 Å². The number of carbonyl (C=O) groups excluding carboxylic acids is 1. The van der Waals surface area contributed by atoms with Crippen molar-refractivity contribution in [2.24, 2.45) is 0 Å². The van der Waals surface area contributed by atoms with Gasteiger partial charge in [-0.25, -0.2) is 0 Å². The molecule has 1 aliphatic heterocycles. The lowest BCUT2D eigenvalue weighted by atomic mass is 9.84. The van der Waals surface area contributed by atoms with E-state index >= 15 is 0 Å². The van der Waals surface area contributed by atoms with Crippen molar-refractivity contribution < 1.29 is 14.3 Å². The molecule has 1 aliphatic carbocycles. The van der Waals surface area contributed by atoms with Crippen molar-refractivity contribution in [1.82, 2.24) is 0 Å². The summed E-state index contributed by atoms with van der Waals surface area (Å²) in [5.74, 6) is -0.211. The molecule has 0 aromatic heterocycles. The number of fused-ring (bicyclic) bond motifs is 2. The second-order valence-corrected chi connectivity index (χ2v) is 4.75. The third-order valence-corrected chi connectivity index (χ3v) is 3.75. The van der Waals surface area contributed by atoms with E-state index < -0.39 is 0 Å². The van der Waals surface area contributed by atoms with Gasteiger partial charge in [-0.1, -0.05) is 24.3 Å². The van der Waals surface area contributed by atoms with E-state index in [4.69, 9.17) is 9.47 Å². The molecular weight excluding hydrogens is 228 g/mol. The van der Waals surface area contributed by atoms with E-state index in [0.717, 1.165) is 12.8 Å². The van der Waals surface area contributed by atoms with Gasteiger partial charge in [0.15, 0.2) is 0 Å². The first-order chi connectivity index (χ1) is 8.79. The maximum absolute atomic E-state index is 11.4. The van der Waals surface area contributed by atoms with Gasteiger partial charge in [-0.2, -0.15) is 0 Å². The summed E-state index contributed by atoms with van der Waals surface area (Å²) in [7, 11) is 1.42. The molecule has 3 nitrogen and oxygen atoms in total. The largest absolute Gasteiger partial charge is 0.469 e. The molecule has 1 aromatic carbocycles. The topological polar surface area (TPSA) is 35.5 Å². The lowest BCUT2D eigenvalue weighted by Gasteiger charge is -2.21. The highest BCUT2D eigenvalue weighted by atomic mass is 16.5. The molecule has 0 radical (unpaired) electrons. The Balaban J connectivity index is 1.95. The number of benzene rings is 1. The molecule has 3 heteroatoms. The normalized spacial score (nSPS) is 21.5. The molecule has 0 spiro atoms. The molecule has 0 saturated carbocycles. The minimum absolute atomic E-state index is 0.131. The zero-order valence-corrected chi connectivity index (χ0v) is 10.4. The Morgan fingerprint density at radius 3 is 3.06 bits per heavy atom. The Kier molecular flexibility index (Phi) is 2.92. The van der Waals surface area contributed by atoms with Gasteiger partial charge in [0.1, 0.15) is 0 Å². The van der Waals surface area contributed by atoms with Crippen LogP contribution < -0.4 is 0 Å². The summed E-state index contributed by atoms with van der Waals surface area (Å²) in [5.41, 5.74) is 5.19. The van der Waals surface area contributed by atoms with E-state index in [1.165, 1.54) is 29.4 Å². The predicted octanol–water partition coefficient (Wildman–Crippen LogP) is 2.35. The summed E-state index contributed by atoms with van der Waals surface area (Å²) in [4.78, 5) is 11.4. The van der Waals surface area contributed by atoms with Crippen molar-refractivity contribution in [2.75, 3.05) is 13.7 Å². The van der Waals surface area contributed by atoms with Gasteiger partial charge < -0.3 is 9.47 Å². The van der Waals surface area contributed by atoms with Crippen molar-refractivity contribution >= 4 is 11.5 Å². The number of hydrogen-bond donors (Lipinski definition) is 0. The maximum atomic E-state index is 11.4. The fraction of sp³-hybridized carbons (Fsp3) is 0.400. The van der Waals surface area contributed by atoms with Gasteiger partial charge in [0, 0.05) is 0 Å². The van der Waals surface area contributed by atoms with Gasteiger partial charge in [0.05, 0.1) is 26.2 Å². The first-order valence-corrected chi connectivity index (χ1v) is 6.28. The fourth-order valence-electron chi connectivity index (χ4n) is 2.84. The fourth-order valence-corrected chi connectivity index (χ4v) is 2.84. The number of methoxy groups -OCH3 is 1. The van der Waals surface area contributed by atoms with Crippen LogP contribution in [0.5, 0.6) is 0 Å². The molecule has 0 bridgehead atoms. The average molecular weight is 244 g/mol. The average Bonchev–Trinajstić information content (AvgIpc) is 2.82. The molecule has 3 rings (SSSR count). The molecule has 1 unspecified atom stereocenters. The Morgan fingerprint density at radius 2 is 2.22 bits per heavy atom. The van der Waals surface area contributed by atoms with Crippen LogP contribution >= 0.6 is 0 Å². The first kappa shape index (κ1) is 11.5. The SMILES string of the molecule is COC(=O)CC1OCC2=C1c1ccccc1CC2. The summed E-state index contributed by atoms with van der Waals surface area (Å²) in [6, 6.07) is 8.40. The van der Waals surface area contributed by atoms with Crippen LogP contribution in [0.25, 0.3) is 5.57 Å². The summed E-state index contributed by atoms with van der Waals surface area (Å²) in [6.45, 7) is 0.658. The quantitative estimate of drug-likeness (QED) is 0.749. The van der Waals surface area contributed by atoms with E-state index in [9.17, 15) is 4.79 Å². The number of hydrogen-bond acceptors (Lipinski definition) is 3. The van der Waals surface area contributed by atoms with Crippen LogP contribution in [0.15, 0.2) is 29.8 Å². The minimum Gasteiger partial charge on any atom is -0.469 e. The molecule has 0 fully saturated rings. The zero-order valence-electron chi connectivity index (χ0n) is 10.4. The standard InChI is InChI=1S/C15H16O3/c1-17-14(16)8-13-15-11(9-18-13)7-6-10-4-2-3-5-12(10)15/h2-5,13H,6-9H2,1H3. The molecule has 0 amide bonds. The summed E-state index contributed by atoms with van der Waals surface area (Å²) >= 11 is 0. The van der Waals surface area contributed by atoms with Crippen LogP contribution in [0.1, 0.15) is 24.0 Å². The van der Waals surface area contributed by atoms with Crippen molar-refractivity contribution in [2.45, 2.75) is 25.4 Å². The van der Waals surface area contributed by atoms with Crippen LogP contribution in [-0.2, 0) is 20.7 Å². The summed E-state index contributed by atoms with van der Waals surface area (Å²) in [6.07, 6.45) is 2.30. The third kappa shape index (κ3) is 1.85. The maximum Gasteiger partial charge on any atom is 0.308 e. The number of ether oxygens (including phenoxy) is 2. The molecule has 1 heterocycles. The van der Waals surface area contributed by atoms with E-state index in [0.29, 0.717) is 13.0 Å². The van der Waals surface area contributed by atoms with Gasteiger partial charge in [-0.15, -0.1) is 0 Å². The molecule has 1 aromatic rings. The Bertz CT molecular complexity index is 516. The van der Waals surface area contributed by atoms with Gasteiger partial charge in [-0.3, -0.25) is 4.79 Å². The zero-order chi connectivity index (χ0) is 12.5. The van der Waals surface area contributed by atoms with E-state index in [2.05, 4.69) is 18.2 Å². The predicted molar refractivity (Wildman–Crippen MR) is 68.1 cm³/mol. The lowest BCUT2D eigenvalue weighted by molar-refractivity contribution is -0.142. The number of aryl methyl sites for hydroxylation is 1. The van der Waals surface area contributed by atoms with E-state index in [-0.39, 0.29) is 12.1 Å². The summed E-state index contributed by atoms with van der Waals surface area (Å²) < 4.78 is 10.5. The monoisotopic (exact) mass is 244 g/mol. The Hall–Kier alpha value is -1.61. The van der Waals surface area contributed by atoms with Crippen LogP contribution in [0.4, 0.5) is 0 Å². The highest BCUT2D eigenvalue weighted by Crippen LogP contribution is 2.39. The second-order valence-electron chi connectivity index (χ2n) is 4.75. The molecule has 94 valence electrons. The number of rotatable bonds is 2. The van der Waals surface area contributed by atoms with Crippen LogP contribution in [0.2, 0.25) is 0 Å². The Labute approximate surface area is 106 Å². The summed E-state index contributed by atoms with van der Waals surface area (Å²) in [5, 5.41) is 0. The van der Waals surface area contributed by atoms with Crippen LogP contribution in [0.3, 0.4) is 0 Å². The highest BCUT2D eigenvalue weighted by molar-refractivity contribution is 5.81. The minimum atomic E-state index is -0.211. The lowest BCUT2D eigenvalue weighted by Crippen LogP contribution is -2.17.